The molecule has 5 nitrogen and oxygen atoms in total. The molecule has 2 heterocycles. The van der Waals surface area contributed by atoms with Gasteiger partial charge in [-0.2, -0.15) is 0 Å². The summed E-state index contributed by atoms with van der Waals surface area (Å²) in [5, 5.41) is 3.67. The first-order valence-corrected chi connectivity index (χ1v) is 12.9. The van der Waals surface area contributed by atoms with E-state index in [0.29, 0.717) is 24.0 Å². The van der Waals surface area contributed by atoms with Gasteiger partial charge in [0.05, 0.1) is 12.3 Å². The summed E-state index contributed by atoms with van der Waals surface area (Å²) in [5.41, 5.74) is 1.53. The molecule has 2 aromatic carbocycles. The molecule has 0 radical (unpaired) electrons. The Morgan fingerprint density at radius 1 is 1.09 bits per heavy atom. The number of aromatic nitrogens is 2. The van der Waals surface area contributed by atoms with E-state index in [1.165, 1.54) is 12.1 Å². The first-order chi connectivity index (χ1) is 16.8. The third-order valence-corrected chi connectivity index (χ3v) is 7.90. The number of likely N-dealkylation sites (tertiary alicyclic amines) is 1. The molecule has 1 fully saturated rings. The molecule has 0 aliphatic carbocycles. The third-order valence-electron chi connectivity index (χ3n) is 7.25. The lowest BCUT2D eigenvalue weighted by Gasteiger charge is -2.40. The molecular weight excluding hydrogens is 488 g/mol. The van der Waals surface area contributed by atoms with Crippen LogP contribution < -0.4 is 10.3 Å². The van der Waals surface area contributed by atoms with Crippen LogP contribution in [0.4, 0.5) is 4.39 Å². The second-order valence-corrected chi connectivity index (χ2v) is 10.2. The smallest absolute Gasteiger partial charge is 0.283 e. The fourth-order valence-corrected chi connectivity index (χ4v) is 5.41. The number of piperidine rings is 1. The van der Waals surface area contributed by atoms with Crippen molar-refractivity contribution in [3.05, 3.63) is 86.0 Å². The van der Waals surface area contributed by atoms with Gasteiger partial charge in [0, 0.05) is 24.0 Å². The quantitative estimate of drug-likeness (QED) is 0.374. The Hall–Kier alpha value is -2.28. The number of rotatable bonds is 9. The molecule has 3 aromatic rings. The topological polar surface area (TPSA) is 50.3 Å². The Morgan fingerprint density at radius 2 is 1.74 bits per heavy atom. The van der Waals surface area contributed by atoms with E-state index in [4.69, 9.17) is 27.9 Å². The molecule has 1 aromatic heterocycles. The number of aryl methyl sites for hydroxylation is 1. The van der Waals surface area contributed by atoms with Crippen LogP contribution in [0.5, 0.6) is 5.75 Å². The number of nitrogens with one attached hydrogen (secondary N) is 1. The fourth-order valence-electron chi connectivity index (χ4n) is 5.04. The molecule has 0 saturated carbocycles. The summed E-state index contributed by atoms with van der Waals surface area (Å²) < 4.78 is 21.2. The number of nitrogens with zero attached hydrogens (tertiary/aromatic N) is 2. The summed E-state index contributed by atoms with van der Waals surface area (Å²) in [6, 6.07) is 14.4. The molecule has 4 rings (SSSR count). The van der Waals surface area contributed by atoms with Gasteiger partial charge in [-0.15, -0.1) is 0 Å². The molecule has 1 N–H and O–H groups in total. The maximum Gasteiger partial charge on any atom is 0.283 e. The normalized spacial score (nSPS) is 16.8. The number of hydrogen-bond acceptors (Lipinski definition) is 3. The zero-order valence-corrected chi connectivity index (χ0v) is 21.7. The molecule has 8 heteroatoms. The second-order valence-electron chi connectivity index (χ2n) is 9.43. The maximum absolute atomic E-state index is 13.6. The van der Waals surface area contributed by atoms with Gasteiger partial charge in [-0.3, -0.25) is 14.6 Å². The van der Waals surface area contributed by atoms with Crippen molar-refractivity contribution in [2.45, 2.75) is 44.6 Å². The molecule has 0 spiro atoms. The molecule has 1 aliphatic heterocycles. The number of ether oxygens (including phenoxy) is 1. The Kier molecular flexibility index (Phi) is 8.58. The lowest BCUT2D eigenvalue weighted by Crippen LogP contribution is -2.43. The van der Waals surface area contributed by atoms with Crippen molar-refractivity contribution in [2.75, 3.05) is 19.7 Å². The molecule has 188 valence electrons. The van der Waals surface area contributed by atoms with Crippen LogP contribution in [0, 0.1) is 11.7 Å². The minimum atomic E-state index is -0.281. The molecule has 0 amide bonds. The Balaban J connectivity index is 1.38. The zero-order valence-electron chi connectivity index (χ0n) is 20.1. The predicted molar refractivity (Wildman–Crippen MR) is 139 cm³/mol. The number of aromatic amines is 1. The SMILES string of the molecule is CC(C(Cc1c(Cl)c(=O)[nH]n1C)c1ccc(F)cc1)N1CCC(CCOc2ccc(Cl)cc2)CC1. The summed E-state index contributed by atoms with van der Waals surface area (Å²) in [6.07, 6.45) is 3.82. The van der Waals surface area contributed by atoms with Crippen molar-refractivity contribution in [1.29, 1.82) is 0 Å². The van der Waals surface area contributed by atoms with Gasteiger partial charge in [-0.25, -0.2) is 4.39 Å². The van der Waals surface area contributed by atoms with Gasteiger partial charge in [0.25, 0.3) is 5.56 Å². The van der Waals surface area contributed by atoms with E-state index in [0.717, 1.165) is 49.4 Å². The molecule has 0 bridgehead atoms. The molecule has 2 unspecified atom stereocenters. The van der Waals surface area contributed by atoms with Crippen LogP contribution in [0.1, 0.15) is 43.4 Å². The summed E-state index contributed by atoms with van der Waals surface area (Å²) in [4.78, 5) is 14.5. The van der Waals surface area contributed by atoms with Crippen LogP contribution in [-0.4, -0.2) is 40.4 Å². The second kappa shape index (κ2) is 11.6. The number of H-pyrrole nitrogens is 1. The largest absolute Gasteiger partial charge is 0.494 e. The van der Waals surface area contributed by atoms with E-state index in [1.54, 1.807) is 11.7 Å². The van der Waals surface area contributed by atoms with E-state index in [-0.39, 0.29) is 28.4 Å². The first kappa shape index (κ1) is 25.8. The number of halogens is 3. The monoisotopic (exact) mass is 519 g/mol. The van der Waals surface area contributed by atoms with Crippen LogP contribution in [0.3, 0.4) is 0 Å². The van der Waals surface area contributed by atoms with Crippen LogP contribution in [-0.2, 0) is 13.5 Å². The van der Waals surface area contributed by atoms with Crippen LogP contribution in [0.2, 0.25) is 10.0 Å². The number of benzene rings is 2. The standard InChI is InChI=1S/C27H32Cl2FN3O2/c1-18(33-14-11-19(12-15-33)13-16-35-23-9-5-21(28)6-10-23)24(20-3-7-22(30)8-4-20)17-25-26(29)27(34)31-32(25)2/h3-10,18-19,24H,11-17H2,1-2H3,(H,31,34). The van der Waals surface area contributed by atoms with Gasteiger partial charge in [0.1, 0.15) is 16.6 Å². The van der Waals surface area contributed by atoms with Crippen molar-refractivity contribution in [2.24, 2.45) is 13.0 Å². The minimum Gasteiger partial charge on any atom is -0.494 e. The van der Waals surface area contributed by atoms with Crippen molar-refractivity contribution >= 4 is 23.2 Å². The maximum atomic E-state index is 13.6. The molecular formula is C27H32Cl2FN3O2. The minimum absolute atomic E-state index is 0.0688. The van der Waals surface area contributed by atoms with Crippen LogP contribution >= 0.6 is 23.2 Å². The zero-order chi connectivity index (χ0) is 24.9. The average molecular weight is 520 g/mol. The lowest BCUT2D eigenvalue weighted by atomic mass is 9.85. The van der Waals surface area contributed by atoms with Crippen molar-refractivity contribution in [3.8, 4) is 5.75 Å². The van der Waals surface area contributed by atoms with E-state index in [2.05, 4.69) is 16.9 Å². The van der Waals surface area contributed by atoms with E-state index in [1.807, 2.05) is 36.4 Å². The summed E-state index contributed by atoms with van der Waals surface area (Å²) >= 11 is 12.3. The van der Waals surface area contributed by atoms with Crippen molar-refractivity contribution in [3.63, 3.8) is 0 Å². The summed E-state index contributed by atoms with van der Waals surface area (Å²) in [7, 11) is 1.80. The average Bonchev–Trinajstić information content (AvgIpc) is 3.10. The highest BCUT2D eigenvalue weighted by Gasteiger charge is 2.30. The van der Waals surface area contributed by atoms with Crippen molar-refractivity contribution < 1.29 is 9.13 Å². The highest BCUT2D eigenvalue weighted by Crippen LogP contribution is 2.32. The third kappa shape index (κ3) is 6.49. The van der Waals surface area contributed by atoms with E-state index >= 15 is 0 Å². The molecule has 1 saturated heterocycles. The van der Waals surface area contributed by atoms with Crippen LogP contribution in [0.25, 0.3) is 0 Å². The van der Waals surface area contributed by atoms with Gasteiger partial charge in [0.2, 0.25) is 0 Å². The summed E-state index contributed by atoms with van der Waals surface area (Å²) in [6.45, 7) is 4.89. The van der Waals surface area contributed by atoms with Gasteiger partial charge in [-0.1, -0.05) is 35.3 Å². The Morgan fingerprint density at radius 3 is 2.34 bits per heavy atom. The van der Waals surface area contributed by atoms with Gasteiger partial charge in [0.15, 0.2) is 0 Å². The van der Waals surface area contributed by atoms with Gasteiger partial charge in [-0.05, 0) is 93.6 Å². The highest BCUT2D eigenvalue weighted by molar-refractivity contribution is 6.31. The van der Waals surface area contributed by atoms with Crippen LogP contribution in [0.15, 0.2) is 53.3 Å². The summed E-state index contributed by atoms with van der Waals surface area (Å²) in [5.74, 6) is 1.28. The Bertz CT molecular complexity index is 1150. The van der Waals surface area contributed by atoms with Gasteiger partial charge >= 0.3 is 0 Å². The number of hydrogen-bond donors (Lipinski definition) is 1. The predicted octanol–water partition coefficient (Wildman–Crippen LogP) is 6.06. The fraction of sp³-hybridized carbons (Fsp3) is 0.444. The highest BCUT2D eigenvalue weighted by atomic mass is 35.5. The Labute approximate surface area is 215 Å². The molecule has 35 heavy (non-hydrogen) atoms. The molecule has 1 aliphatic rings. The lowest BCUT2D eigenvalue weighted by molar-refractivity contribution is 0.113. The van der Waals surface area contributed by atoms with Gasteiger partial charge < -0.3 is 9.64 Å². The van der Waals surface area contributed by atoms with Crippen molar-refractivity contribution in [1.82, 2.24) is 14.7 Å². The van der Waals surface area contributed by atoms with E-state index < -0.39 is 0 Å². The molecule has 2 atom stereocenters. The van der Waals surface area contributed by atoms with E-state index in [9.17, 15) is 9.18 Å². The first-order valence-electron chi connectivity index (χ1n) is 12.1.